The third-order valence-corrected chi connectivity index (χ3v) is 2.16. The molecule has 2 N–H and O–H groups in total. The van der Waals surface area contributed by atoms with Crippen molar-refractivity contribution in [2.24, 2.45) is 5.73 Å². The highest BCUT2D eigenvalue weighted by atomic mass is 32.1. The van der Waals surface area contributed by atoms with Gasteiger partial charge in [-0.15, -0.1) is 11.3 Å². The number of hydrogen-bond donors (Lipinski definition) is 1. The molecule has 1 aromatic rings. The molecule has 1 rings (SSSR count). The molecule has 0 fully saturated rings. The zero-order valence-electron chi connectivity index (χ0n) is 5.72. The van der Waals surface area contributed by atoms with Crippen molar-refractivity contribution in [3.63, 3.8) is 0 Å². The fourth-order valence-electron chi connectivity index (χ4n) is 0.703. The van der Waals surface area contributed by atoms with E-state index < -0.39 is 0 Å². The second kappa shape index (κ2) is 2.50. The lowest BCUT2D eigenvalue weighted by molar-refractivity contribution is 0.822. The highest BCUT2D eigenvalue weighted by Gasteiger charge is 1.99. The van der Waals surface area contributed by atoms with Gasteiger partial charge in [0.05, 0.1) is 0 Å². The van der Waals surface area contributed by atoms with Crippen molar-refractivity contribution in [3.8, 4) is 0 Å². The van der Waals surface area contributed by atoms with E-state index in [2.05, 4.69) is 18.4 Å². The molecule has 0 radical (unpaired) electrons. The molecule has 0 bridgehead atoms. The molecule has 50 valence electrons. The number of hydrogen-bond acceptors (Lipinski definition) is 2. The van der Waals surface area contributed by atoms with Crippen LogP contribution in [-0.2, 0) is 0 Å². The molecule has 0 aliphatic rings. The summed E-state index contributed by atoms with van der Waals surface area (Å²) in [6, 6.07) is 2.32. The van der Waals surface area contributed by atoms with Crippen LogP contribution in [0, 0.1) is 6.92 Å². The van der Waals surface area contributed by atoms with Gasteiger partial charge in [-0.1, -0.05) is 0 Å². The predicted molar refractivity (Wildman–Crippen MR) is 41.7 cm³/mol. The largest absolute Gasteiger partial charge is 0.324 e. The summed E-state index contributed by atoms with van der Waals surface area (Å²) in [7, 11) is 0. The predicted octanol–water partition coefficient (Wildman–Crippen LogP) is 2.08. The van der Waals surface area contributed by atoms with Gasteiger partial charge in [0.1, 0.15) is 0 Å². The zero-order chi connectivity index (χ0) is 6.85. The Kier molecular flexibility index (Phi) is 1.88. The molecule has 0 saturated carbocycles. The summed E-state index contributed by atoms with van der Waals surface area (Å²) in [6.07, 6.45) is 0. The Morgan fingerprint density at radius 3 is 2.56 bits per heavy atom. The van der Waals surface area contributed by atoms with Crippen molar-refractivity contribution in [3.05, 3.63) is 21.9 Å². The molecule has 0 amide bonds. The molecule has 0 saturated heterocycles. The number of nitrogens with two attached hydrogens (primary N) is 1. The fourth-order valence-corrected chi connectivity index (χ4v) is 1.51. The molecule has 2 heteroatoms. The summed E-state index contributed by atoms with van der Waals surface area (Å²) < 4.78 is 0. The first kappa shape index (κ1) is 6.78. The lowest BCUT2D eigenvalue weighted by Crippen LogP contribution is -2.02. The maximum Gasteiger partial charge on any atom is 0.0274 e. The van der Waals surface area contributed by atoms with E-state index in [1.54, 1.807) is 11.3 Å². The van der Waals surface area contributed by atoms with Gasteiger partial charge in [-0.2, -0.15) is 0 Å². The van der Waals surface area contributed by atoms with Gasteiger partial charge < -0.3 is 5.73 Å². The summed E-state index contributed by atoms with van der Waals surface area (Å²) in [5.74, 6) is 0. The Morgan fingerprint density at radius 1 is 1.67 bits per heavy atom. The summed E-state index contributed by atoms with van der Waals surface area (Å²) in [5, 5.41) is 2.11. The summed E-state index contributed by atoms with van der Waals surface area (Å²) >= 11 is 1.75. The van der Waals surface area contributed by atoms with Crippen molar-refractivity contribution in [2.75, 3.05) is 0 Å². The van der Waals surface area contributed by atoms with Crippen LogP contribution in [0.4, 0.5) is 0 Å². The highest BCUT2D eigenvalue weighted by Crippen LogP contribution is 2.17. The Bertz CT molecular complexity index is 191. The maximum atomic E-state index is 5.63. The Balaban J connectivity index is 2.85. The molecule has 0 aromatic carbocycles. The minimum absolute atomic E-state index is 0.190. The van der Waals surface area contributed by atoms with E-state index in [0.29, 0.717) is 0 Å². The standard InChI is InChI=1S/C7H11NS/c1-5-3-7(4-9-5)6(2)8/h3-4,6H,8H2,1-2H3/t6-/m0/s1. The molecule has 0 aliphatic heterocycles. The Morgan fingerprint density at radius 2 is 2.33 bits per heavy atom. The minimum atomic E-state index is 0.190. The quantitative estimate of drug-likeness (QED) is 0.636. The van der Waals surface area contributed by atoms with Crippen molar-refractivity contribution < 1.29 is 0 Å². The summed E-state index contributed by atoms with van der Waals surface area (Å²) in [5.41, 5.74) is 6.88. The van der Waals surface area contributed by atoms with Gasteiger partial charge in [-0.3, -0.25) is 0 Å². The normalized spacial score (nSPS) is 13.7. The van der Waals surface area contributed by atoms with Crippen LogP contribution in [0.3, 0.4) is 0 Å². The Labute approximate surface area is 59.5 Å². The van der Waals surface area contributed by atoms with E-state index in [-0.39, 0.29) is 6.04 Å². The van der Waals surface area contributed by atoms with Gasteiger partial charge in [0.2, 0.25) is 0 Å². The van der Waals surface area contributed by atoms with Crippen molar-refractivity contribution in [1.29, 1.82) is 0 Å². The van der Waals surface area contributed by atoms with Crippen molar-refractivity contribution >= 4 is 11.3 Å². The summed E-state index contributed by atoms with van der Waals surface area (Å²) in [4.78, 5) is 1.34. The summed E-state index contributed by atoms with van der Waals surface area (Å²) in [6.45, 7) is 4.10. The van der Waals surface area contributed by atoms with Gasteiger partial charge in [0.15, 0.2) is 0 Å². The zero-order valence-corrected chi connectivity index (χ0v) is 6.53. The molecule has 9 heavy (non-hydrogen) atoms. The lowest BCUT2D eigenvalue weighted by atomic mass is 10.2. The SMILES string of the molecule is Cc1cc([C@H](C)N)cs1. The van der Waals surface area contributed by atoms with Crippen LogP contribution < -0.4 is 5.73 Å². The van der Waals surface area contributed by atoms with Gasteiger partial charge in [-0.25, -0.2) is 0 Å². The van der Waals surface area contributed by atoms with Crippen LogP contribution in [-0.4, -0.2) is 0 Å². The maximum absolute atomic E-state index is 5.63. The topological polar surface area (TPSA) is 26.0 Å². The number of rotatable bonds is 1. The smallest absolute Gasteiger partial charge is 0.0274 e. The van der Waals surface area contributed by atoms with Crippen LogP contribution in [0.2, 0.25) is 0 Å². The number of aryl methyl sites for hydroxylation is 1. The molecule has 0 spiro atoms. The van der Waals surface area contributed by atoms with E-state index in [1.807, 2.05) is 6.92 Å². The Hall–Kier alpha value is -0.340. The van der Waals surface area contributed by atoms with Crippen LogP contribution in [0.5, 0.6) is 0 Å². The molecule has 1 aromatic heterocycles. The van der Waals surface area contributed by atoms with Crippen molar-refractivity contribution in [1.82, 2.24) is 0 Å². The average molecular weight is 141 g/mol. The molecule has 0 unspecified atom stereocenters. The first-order valence-electron chi connectivity index (χ1n) is 3.01. The van der Waals surface area contributed by atoms with Crippen LogP contribution in [0.25, 0.3) is 0 Å². The molecular formula is C7H11NS. The van der Waals surface area contributed by atoms with Gasteiger partial charge in [0.25, 0.3) is 0 Å². The monoisotopic (exact) mass is 141 g/mol. The van der Waals surface area contributed by atoms with Gasteiger partial charge >= 0.3 is 0 Å². The highest BCUT2D eigenvalue weighted by molar-refractivity contribution is 7.10. The van der Waals surface area contributed by atoms with Crippen LogP contribution >= 0.6 is 11.3 Å². The van der Waals surface area contributed by atoms with E-state index >= 15 is 0 Å². The van der Waals surface area contributed by atoms with Gasteiger partial charge in [-0.05, 0) is 30.9 Å². The van der Waals surface area contributed by atoms with E-state index in [9.17, 15) is 0 Å². The molecule has 1 nitrogen and oxygen atoms in total. The van der Waals surface area contributed by atoms with E-state index in [0.717, 1.165) is 0 Å². The van der Waals surface area contributed by atoms with Crippen LogP contribution in [0.15, 0.2) is 11.4 Å². The van der Waals surface area contributed by atoms with E-state index in [1.165, 1.54) is 10.4 Å². The molecule has 1 atom stereocenters. The molecule has 0 aliphatic carbocycles. The van der Waals surface area contributed by atoms with Crippen LogP contribution in [0.1, 0.15) is 23.4 Å². The number of thiophene rings is 1. The first-order valence-corrected chi connectivity index (χ1v) is 3.88. The minimum Gasteiger partial charge on any atom is -0.324 e. The molecule has 1 heterocycles. The third kappa shape index (κ3) is 1.53. The fraction of sp³-hybridized carbons (Fsp3) is 0.429. The second-order valence-electron chi connectivity index (χ2n) is 2.28. The second-order valence-corrected chi connectivity index (χ2v) is 3.39. The van der Waals surface area contributed by atoms with Gasteiger partial charge in [0, 0.05) is 10.9 Å². The third-order valence-electron chi connectivity index (χ3n) is 1.28. The average Bonchev–Trinajstić information content (AvgIpc) is 2.14. The molecular weight excluding hydrogens is 130 g/mol. The van der Waals surface area contributed by atoms with E-state index in [4.69, 9.17) is 5.73 Å². The lowest BCUT2D eigenvalue weighted by Gasteiger charge is -1.97. The first-order chi connectivity index (χ1) is 4.20. The van der Waals surface area contributed by atoms with Crippen molar-refractivity contribution in [2.45, 2.75) is 19.9 Å².